The average molecular weight is 405 g/mol. The summed E-state index contributed by atoms with van der Waals surface area (Å²) >= 11 is 0. The second kappa shape index (κ2) is 11.9. The van der Waals surface area contributed by atoms with Crippen molar-refractivity contribution < 1.29 is 23.9 Å². The molecule has 0 spiro atoms. The van der Waals surface area contributed by atoms with Crippen molar-refractivity contribution in [1.82, 2.24) is 10.6 Å². The first kappa shape index (κ1) is 24.2. The van der Waals surface area contributed by atoms with Crippen LogP contribution in [0.2, 0.25) is 0 Å². The summed E-state index contributed by atoms with van der Waals surface area (Å²) in [5.74, 6) is -0.839. The molecule has 1 rings (SSSR count). The molecule has 160 valence electrons. The van der Waals surface area contributed by atoms with Crippen molar-refractivity contribution in [2.45, 2.75) is 64.6 Å². The predicted octanol–water partition coefficient (Wildman–Crippen LogP) is 3.14. The zero-order valence-corrected chi connectivity index (χ0v) is 17.9. The van der Waals surface area contributed by atoms with Crippen molar-refractivity contribution in [2.24, 2.45) is 0 Å². The normalized spacial score (nSPS) is 13.4. The number of benzene rings is 1. The third kappa shape index (κ3) is 10.3. The molecule has 0 saturated carbocycles. The first-order valence-corrected chi connectivity index (χ1v) is 9.74. The maximum atomic E-state index is 12.7. The highest BCUT2D eigenvalue weighted by Crippen LogP contribution is 2.09. The second-order valence-corrected chi connectivity index (χ2v) is 7.63. The van der Waals surface area contributed by atoms with E-state index in [0.717, 1.165) is 5.56 Å². The van der Waals surface area contributed by atoms with E-state index in [1.165, 1.54) is 13.2 Å². The summed E-state index contributed by atoms with van der Waals surface area (Å²) < 4.78 is 9.84. The standard InChI is InChI=1S/C22H32N2O5/c1-6-18(24-21(27)29-22(2,3)4)20(26)23-17(14-15-19(25)28-5)13-12-16-10-8-7-9-11-16/h7-11,14-15,17-18H,6,12-13H2,1-5H3,(H,23,26)(H,24,27)/t17-,18-/m0/s1. The molecule has 2 N–H and O–H groups in total. The molecular weight excluding hydrogens is 372 g/mol. The molecule has 0 aliphatic rings. The quantitative estimate of drug-likeness (QED) is 0.487. The van der Waals surface area contributed by atoms with E-state index in [1.54, 1.807) is 33.8 Å². The smallest absolute Gasteiger partial charge is 0.408 e. The summed E-state index contributed by atoms with van der Waals surface area (Å²) in [6, 6.07) is 8.71. The zero-order chi connectivity index (χ0) is 21.9. The molecule has 2 atom stereocenters. The number of carbonyl (C=O) groups excluding carboxylic acids is 3. The van der Waals surface area contributed by atoms with Crippen molar-refractivity contribution in [3.05, 3.63) is 48.0 Å². The highest BCUT2D eigenvalue weighted by molar-refractivity contribution is 5.86. The Labute approximate surface area is 172 Å². The van der Waals surface area contributed by atoms with Crippen molar-refractivity contribution in [1.29, 1.82) is 0 Å². The van der Waals surface area contributed by atoms with Crippen LogP contribution in [0.5, 0.6) is 0 Å². The lowest BCUT2D eigenvalue weighted by molar-refractivity contribution is -0.135. The molecule has 7 heteroatoms. The van der Waals surface area contributed by atoms with E-state index in [-0.39, 0.29) is 5.91 Å². The molecule has 0 aliphatic carbocycles. The average Bonchev–Trinajstić information content (AvgIpc) is 2.67. The van der Waals surface area contributed by atoms with Crippen LogP contribution in [0.15, 0.2) is 42.5 Å². The van der Waals surface area contributed by atoms with Gasteiger partial charge in [0.25, 0.3) is 0 Å². The fourth-order valence-corrected chi connectivity index (χ4v) is 2.53. The van der Waals surface area contributed by atoms with Gasteiger partial charge in [-0.15, -0.1) is 0 Å². The van der Waals surface area contributed by atoms with E-state index in [0.29, 0.717) is 19.3 Å². The lowest BCUT2D eigenvalue weighted by Crippen LogP contribution is -2.50. The Kier molecular flexibility index (Phi) is 9.92. The number of methoxy groups -OCH3 is 1. The Bertz CT molecular complexity index is 695. The number of amides is 2. The molecule has 1 aromatic rings. The number of esters is 1. The molecule has 29 heavy (non-hydrogen) atoms. The van der Waals surface area contributed by atoms with E-state index in [2.05, 4.69) is 15.4 Å². The number of ether oxygens (including phenoxy) is 2. The van der Waals surface area contributed by atoms with Gasteiger partial charge in [0.2, 0.25) is 5.91 Å². The minimum absolute atomic E-state index is 0.342. The van der Waals surface area contributed by atoms with Gasteiger partial charge in [0.15, 0.2) is 0 Å². The first-order chi connectivity index (χ1) is 13.6. The van der Waals surface area contributed by atoms with Crippen molar-refractivity contribution in [3.63, 3.8) is 0 Å². The molecule has 0 aromatic heterocycles. The zero-order valence-electron chi connectivity index (χ0n) is 17.9. The Morgan fingerprint density at radius 3 is 2.31 bits per heavy atom. The van der Waals surface area contributed by atoms with E-state index >= 15 is 0 Å². The number of alkyl carbamates (subject to hydrolysis) is 1. The third-order valence-corrected chi connectivity index (χ3v) is 4.00. The van der Waals surface area contributed by atoms with Crippen LogP contribution in [-0.4, -0.2) is 42.8 Å². The largest absolute Gasteiger partial charge is 0.466 e. The van der Waals surface area contributed by atoms with Crippen LogP contribution in [0.3, 0.4) is 0 Å². The van der Waals surface area contributed by atoms with Crippen LogP contribution < -0.4 is 10.6 Å². The van der Waals surface area contributed by atoms with E-state index in [9.17, 15) is 14.4 Å². The molecule has 0 heterocycles. The van der Waals surface area contributed by atoms with Crippen LogP contribution in [0.1, 0.15) is 46.1 Å². The van der Waals surface area contributed by atoms with Crippen LogP contribution in [-0.2, 0) is 25.5 Å². The van der Waals surface area contributed by atoms with Gasteiger partial charge in [-0.2, -0.15) is 0 Å². The molecule has 0 fully saturated rings. The number of aryl methyl sites for hydroxylation is 1. The van der Waals surface area contributed by atoms with E-state index < -0.39 is 29.7 Å². The van der Waals surface area contributed by atoms with Gasteiger partial charge in [0.05, 0.1) is 7.11 Å². The molecule has 2 amide bonds. The molecular formula is C22H32N2O5. The molecule has 0 unspecified atom stereocenters. The van der Waals surface area contributed by atoms with Gasteiger partial charge >= 0.3 is 12.1 Å². The van der Waals surface area contributed by atoms with Crippen LogP contribution in [0.4, 0.5) is 4.79 Å². The summed E-state index contributed by atoms with van der Waals surface area (Å²) in [6.45, 7) is 7.06. The number of rotatable bonds is 9. The first-order valence-electron chi connectivity index (χ1n) is 9.74. The summed E-state index contributed by atoms with van der Waals surface area (Å²) in [6.07, 6.45) is 3.95. The summed E-state index contributed by atoms with van der Waals surface area (Å²) in [5.41, 5.74) is 0.470. The van der Waals surface area contributed by atoms with E-state index in [1.807, 2.05) is 30.3 Å². The molecule has 0 aliphatic heterocycles. The van der Waals surface area contributed by atoms with Crippen LogP contribution in [0, 0.1) is 0 Å². The summed E-state index contributed by atoms with van der Waals surface area (Å²) in [4.78, 5) is 36.1. The monoisotopic (exact) mass is 404 g/mol. The number of carbonyl (C=O) groups is 3. The van der Waals surface area contributed by atoms with Gasteiger partial charge in [-0.1, -0.05) is 43.3 Å². The maximum Gasteiger partial charge on any atom is 0.408 e. The summed E-state index contributed by atoms with van der Waals surface area (Å²) in [5, 5.41) is 5.47. The van der Waals surface area contributed by atoms with Crippen molar-refractivity contribution in [2.75, 3.05) is 7.11 Å². The molecule has 0 saturated heterocycles. The minimum Gasteiger partial charge on any atom is -0.466 e. The lowest BCUT2D eigenvalue weighted by Gasteiger charge is -2.24. The Hall–Kier alpha value is -2.83. The minimum atomic E-state index is -0.740. The lowest BCUT2D eigenvalue weighted by atomic mass is 10.0. The predicted molar refractivity (Wildman–Crippen MR) is 111 cm³/mol. The Morgan fingerprint density at radius 2 is 1.76 bits per heavy atom. The SMILES string of the molecule is CC[C@H](NC(=O)OC(C)(C)C)C(=O)N[C@H](C=CC(=O)OC)CCc1ccccc1. The van der Waals surface area contributed by atoms with Gasteiger partial charge in [-0.3, -0.25) is 4.79 Å². The van der Waals surface area contributed by atoms with Crippen LogP contribution in [0.25, 0.3) is 0 Å². The molecule has 7 nitrogen and oxygen atoms in total. The fourth-order valence-electron chi connectivity index (χ4n) is 2.53. The maximum absolute atomic E-state index is 12.7. The van der Waals surface area contributed by atoms with Gasteiger partial charge in [-0.05, 0) is 45.6 Å². The summed E-state index contributed by atoms with van der Waals surface area (Å²) in [7, 11) is 1.29. The number of hydrogen-bond acceptors (Lipinski definition) is 5. The van der Waals surface area contributed by atoms with Gasteiger partial charge < -0.3 is 20.1 Å². The fraction of sp³-hybridized carbons (Fsp3) is 0.500. The topological polar surface area (TPSA) is 93.7 Å². The van der Waals surface area contributed by atoms with Crippen LogP contribution >= 0.6 is 0 Å². The van der Waals surface area contributed by atoms with Gasteiger partial charge in [0.1, 0.15) is 11.6 Å². The van der Waals surface area contributed by atoms with Crippen molar-refractivity contribution in [3.8, 4) is 0 Å². The number of nitrogens with one attached hydrogen (secondary N) is 2. The molecule has 0 radical (unpaired) electrons. The van der Waals surface area contributed by atoms with Gasteiger partial charge in [0, 0.05) is 12.1 Å². The van der Waals surface area contributed by atoms with E-state index in [4.69, 9.17) is 4.74 Å². The second-order valence-electron chi connectivity index (χ2n) is 7.63. The molecule has 0 bridgehead atoms. The highest BCUT2D eigenvalue weighted by atomic mass is 16.6. The Morgan fingerprint density at radius 1 is 1.10 bits per heavy atom. The molecule has 1 aromatic carbocycles. The number of hydrogen-bond donors (Lipinski definition) is 2. The third-order valence-electron chi connectivity index (χ3n) is 4.00. The Balaban J connectivity index is 2.77. The highest BCUT2D eigenvalue weighted by Gasteiger charge is 2.24. The van der Waals surface area contributed by atoms with Gasteiger partial charge in [-0.25, -0.2) is 9.59 Å². The van der Waals surface area contributed by atoms with Crippen molar-refractivity contribution >= 4 is 18.0 Å².